The highest BCUT2D eigenvalue weighted by molar-refractivity contribution is 14.1. The minimum Gasteiger partial charge on any atom is -0.456 e. The summed E-state index contributed by atoms with van der Waals surface area (Å²) in [6, 6.07) is 43.5. The Morgan fingerprint density at radius 1 is 0.528 bits per heavy atom. The summed E-state index contributed by atoms with van der Waals surface area (Å²) in [6.45, 7) is 24.0. The first-order chi connectivity index (χ1) is 24.9. The average molecular weight is 1050 g/mol. The molecule has 0 aliphatic carbocycles. The van der Waals surface area contributed by atoms with Gasteiger partial charge in [-0.25, -0.2) is 0 Å². The van der Waals surface area contributed by atoms with Crippen molar-refractivity contribution in [1.29, 1.82) is 0 Å². The van der Waals surface area contributed by atoms with Crippen LogP contribution in [-0.4, -0.2) is 11.2 Å². The third-order valence-corrected chi connectivity index (χ3v) is 11.2. The normalized spacial score (nSPS) is 14.0. The number of alkyl halides is 2. The average Bonchev–Trinajstić information content (AvgIpc) is 3.17. The molecule has 0 saturated heterocycles. The molecule has 53 heavy (non-hydrogen) atoms. The van der Waals surface area contributed by atoms with Gasteiger partial charge in [0.25, 0.3) is 0 Å². The lowest BCUT2D eigenvalue weighted by atomic mass is 9.91. The molecule has 0 amide bonds. The summed E-state index contributed by atoms with van der Waals surface area (Å²) < 4.78 is 18.0. The van der Waals surface area contributed by atoms with E-state index in [2.05, 4.69) is 162 Å². The van der Waals surface area contributed by atoms with Crippen LogP contribution in [0, 0.1) is 0 Å². The number of hydrogen-bond acceptors (Lipinski definition) is 4. The van der Waals surface area contributed by atoms with Gasteiger partial charge in [0.2, 0.25) is 0 Å². The Bertz CT molecular complexity index is 1860. The number of ether oxygens (including phenoxy) is 3. The molecule has 4 nitrogen and oxygen atoms in total. The van der Waals surface area contributed by atoms with Gasteiger partial charge in [0.15, 0.2) is 7.22 Å². The number of rotatable bonds is 7. The number of nitrogens with zero attached hydrogens (tertiary/aromatic N) is 1. The van der Waals surface area contributed by atoms with Crippen LogP contribution in [0.15, 0.2) is 153 Å². The van der Waals surface area contributed by atoms with Crippen LogP contribution in [0.1, 0.15) is 77.6 Å². The predicted octanol–water partition coefficient (Wildman–Crippen LogP) is 15.2. The number of hydrogen-bond donors (Lipinski definition) is 0. The molecule has 2 aliphatic rings. The van der Waals surface area contributed by atoms with Gasteiger partial charge in [-0.1, -0.05) is 131 Å². The first-order valence-corrected chi connectivity index (χ1v) is 20.0. The molecule has 2 aliphatic heterocycles. The monoisotopic (exact) mass is 1050 g/mol. The first kappa shape index (κ1) is 44.7. The van der Waals surface area contributed by atoms with E-state index in [9.17, 15) is 0 Å². The lowest BCUT2D eigenvalue weighted by Gasteiger charge is -2.44. The predicted molar refractivity (Wildman–Crippen MR) is 253 cm³/mol. The lowest BCUT2D eigenvalue weighted by Crippen LogP contribution is -2.38. The molecule has 0 radical (unpaired) electrons. The Morgan fingerprint density at radius 2 is 0.849 bits per heavy atom. The molecule has 280 valence electrons. The van der Waals surface area contributed by atoms with E-state index in [-0.39, 0.29) is 24.0 Å². The summed E-state index contributed by atoms with van der Waals surface area (Å²) in [5.74, 6) is 1.68. The zero-order valence-corrected chi connectivity index (χ0v) is 38.7. The van der Waals surface area contributed by atoms with E-state index in [4.69, 9.17) is 14.2 Å². The van der Waals surface area contributed by atoms with Crippen molar-refractivity contribution in [2.45, 2.75) is 73.8 Å². The van der Waals surface area contributed by atoms with Gasteiger partial charge in [-0.15, -0.1) is 37.1 Å². The number of halogens is 3. The highest BCUT2D eigenvalue weighted by Gasteiger charge is 2.46. The van der Waals surface area contributed by atoms with Gasteiger partial charge in [0, 0.05) is 27.9 Å². The largest absolute Gasteiger partial charge is 0.456 e. The maximum atomic E-state index is 6.69. The number of benzene rings is 5. The number of para-hydroxylation sites is 5. The van der Waals surface area contributed by atoms with Gasteiger partial charge in [0.05, 0.1) is 22.6 Å². The highest BCUT2D eigenvalue weighted by atomic mass is 127. The second kappa shape index (κ2) is 19.2. The van der Waals surface area contributed by atoms with Crippen LogP contribution in [0.5, 0.6) is 11.5 Å². The summed E-state index contributed by atoms with van der Waals surface area (Å²) in [5, 5.41) is 0. The van der Waals surface area contributed by atoms with Crippen molar-refractivity contribution in [3.63, 3.8) is 0 Å². The van der Waals surface area contributed by atoms with E-state index in [1.54, 1.807) is 0 Å². The summed E-state index contributed by atoms with van der Waals surface area (Å²) in [5.41, 5.74) is 6.84. The molecule has 5 aromatic carbocycles. The minimum atomic E-state index is -0.603. The summed E-state index contributed by atoms with van der Waals surface area (Å²) >= 11 is 4.83. The Hall–Kier alpha value is -2.71. The summed E-state index contributed by atoms with van der Waals surface area (Å²) in [4.78, 5) is 2.31. The van der Waals surface area contributed by atoms with E-state index >= 15 is 0 Å². The third-order valence-electron chi connectivity index (χ3n) is 8.47. The molecule has 0 bridgehead atoms. The fourth-order valence-electron chi connectivity index (χ4n) is 5.95. The third kappa shape index (κ3) is 9.58. The number of anilines is 3. The van der Waals surface area contributed by atoms with E-state index in [0.29, 0.717) is 0 Å². The van der Waals surface area contributed by atoms with Crippen LogP contribution in [0.3, 0.4) is 0 Å². The maximum absolute atomic E-state index is 6.69. The van der Waals surface area contributed by atoms with Gasteiger partial charge in [0.1, 0.15) is 11.5 Å². The van der Waals surface area contributed by atoms with E-state index in [1.165, 1.54) is 0 Å². The molecule has 0 unspecified atom stereocenters. The Labute approximate surface area is 362 Å². The minimum absolute atomic E-state index is 0. The van der Waals surface area contributed by atoms with Crippen molar-refractivity contribution < 1.29 is 14.2 Å². The molecule has 0 saturated carbocycles. The molecular formula is C46H52I3NO3. The first-order valence-electron chi connectivity index (χ1n) is 17.9. The van der Waals surface area contributed by atoms with Crippen LogP contribution in [-0.2, 0) is 16.7 Å². The molecule has 5 aromatic rings. The molecule has 0 spiro atoms. The van der Waals surface area contributed by atoms with E-state index in [1.807, 2.05) is 96.2 Å². The molecule has 0 atom stereocenters. The van der Waals surface area contributed by atoms with Crippen molar-refractivity contribution in [2.24, 2.45) is 0 Å². The van der Waals surface area contributed by atoms with Crippen molar-refractivity contribution in [3.8, 4) is 11.5 Å². The van der Waals surface area contributed by atoms with Crippen LogP contribution in [0.2, 0.25) is 0 Å². The maximum Gasteiger partial charge on any atom is 0.177 e. The molecule has 7 heteroatoms. The van der Waals surface area contributed by atoms with Crippen LogP contribution in [0.4, 0.5) is 17.1 Å². The highest BCUT2D eigenvalue weighted by Crippen LogP contribution is 2.57. The van der Waals surface area contributed by atoms with Crippen LogP contribution in [0.25, 0.3) is 0 Å². The van der Waals surface area contributed by atoms with Crippen molar-refractivity contribution in [3.05, 3.63) is 175 Å². The second-order valence-corrected chi connectivity index (χ2v) is 15.8. The molecule has 2 heterocycles. The van der Waals surface area contributed by atoms with Gasteiger partial charge >= 0.3 is 0 Å². The SMILES string of the molecule is C=CC(C)(C)OC1(I)c2ccccc2N(c2ccccc2)c2ccccc21.C=CC(C)(C)OC1(I)c2ccccc2Oc2ccccc21.CC.CC.I. The topological polar surface area (TPSA) is 30.9 Å². The smallest absolute Gasteiger partial charge is 0.177 e. The van der Waals surface area contributed by atoms with E-state index in [0.717, 1.165) is 50.8 Å². The van der Waals surface area contributed by atoms with Gasteiger partial charge in [-0.05, 0) is 109 Å². The molecule has 0 fully saturated rings. The standard InChI is InChI=1S/C24H22INO.C18H17IO2.2C2H6.HI/c1-4-23(2,3)27-24(25)19-14-8-10-16-21(19)26(18-12-6-5-7-13-18)22-17-11-9-15-20(22)24;1-4-17(2,3)21-18(19)13-9-5-7-11-15(13)20-16-12-8-6-10-14(16)18;2*1-2;/h4-17H,1H2,2-3H3;4-12H,1H2,2-3H3;2*1-2H3;1H. The molecule has 0 aromatic heterocycles. The van der Waals surface area contributed by atoms with Crippen molar-refractivity contribution in [1.82, 2.24) is 0 Å². The second-order valence-electron chi connectivity index (χ2n) is 12.8. The Balaban J connectivity index is 0.000000263. The fourth-order valence-corrected chi connectivity index (χ4v) is 8.88. The summed E-state index contributed by atoms with van der Waals surface area (Å²) in [7, 11) is 0. The fraction of sp³-hybridized carbons (Fsp3) is 0.261. The van der Waals surface area contributed by atoms with Crippen molar-refractivity contribution in [2.75, 3.05) is 4.90 Å². The van der Waals surface area contributed by atoms with E-state index < -0.39 is 18.4 Å². The molecule has 7 rings (SSSR count). The quantitative estimate of drug-likeness (QED) is 0.0923. The lowest BCUT2D eigenvalue weighted by molar-refractivity contribution is -0.0377. The zero-order chi connectivity index (χ0) is 38.2. The van der Waals surface area contributed by atoms with Crippen LogP contribution >= 0.6 is 69.2 Å². The Kier molecular flexibility index (Phi) is 16.2. The molecular weight excluding hydrogens is 995 g/mol. The zero-order valence-electron chi connectivity index (χ0n) is 32.0. The molecule has 0 N–H and O–H groups in total. The van der Waals surface area contributed by atoms with Gasteiger partial charge < -0.3 is 19.1 Å². The van der Waals surface area contributed by atoms with Crippen molar-refractivity contribution >= 4 is 86.2 Å². The Morgan fingerprint density at radius 3 is 1.25 bits per heavy atom. The number of fused-ring (bicyclic) bond motifs is 4. The van der Waals surface area contributed by atoms with Gasteiger partial charge in [-0.2, -0.15) is 0 Å². The van der Waals surface area contributed by atoms with Crippen LogP contribution < -0.4 is 9.64 Å². The summed E-state index contributed by atoms with van der Waals surface area (Å²) in [6.07, 6.45) is 3.69. The van der Waals surface area contributed by atoms with Gasteiger partial charge in [-0.3, -0.25) is 0 Å².